The largest absolute Gasteiger partial charge is 0.492 e. The van der Waals surface area contributed by atoms with E-state index in [2.05, 4.69) is 27.4 Å². The van der Waals surface area contributed by atoms with E-state index in [0.29, 0.717) is 24.3 Å². The van der Waals surface area contributed by atoms with Crippen molar-refractivity contribution in [3.8, 4) is 11.8 Å². The second-order valence-corrected chi connectivity index (χ2v) is 4.89. The number of nitrogens with zero attached hydrogens (tertiary/aromatic N) is 1. The summed E-state index contributed by atoms with van der Waals surface area (Å²) in [7, 11) is 0. The predicted octanol–water partition coefficient (Wildman–Crippen LogP) is 2.25. The van der Waals surface area contributed by atoms with Crippen molar-refractivity contribution in [3.05, 3.63) is 28.2 Å². The molecule has 0 atom stereocenters. The summed E-state index contributed by atoms with van der Waals surface area (Å²) in [6.45, 7) is 0.528. The SMILES string of the molecule is N#Cc1cc(Br)ccc1OCCCCCC(=O)NN. The van der Waals surface area contributed by atoms with Gasteiger partial charge in [-0.1, -0.05) is 15.9 Å². The molecule has 0 bridgehead atoms. The number of hydrogen-bond donors (Lipinski definition) is 2. The Labute approximate surface area is 120 Å². The number of carbonyl (C=O) groups is 1. The third kappa shape index (κ3) is 5.73. The van der Waals surface area contributed by atoms with Crippen molar-refractivity contribution >= 4 is 21.8 Å². The number of ether oxygens (including phenoxy) is 1. The van der Waals surface area contributed by atoms with Crippen LogP contribution in [0.15, 0.2) is 22.7 Å². The second kappa shape index (κ2) is 8.51. The average molecular weight is 326 g/mol. The van der Waals surface area contributed by atoms with Crippen molar-refractivity contribution in [3.63, 3.8) is 0 Å². The van der Waals surface area contributed by atoms with Crippen LogP contribution in [0.2, 0.25) is 0 Å². The summed E-state index contributed by atoms with van der Waals surface area (Å²) in [5.41, 5.74) is 2.60. The number of nitriles is 1. The van der Waals surface area contributed by atoms with E-state index in [9.17, 15) is 4.79 Å². The maximum atomic E-state index is 10.9. The molecule has 19 heavy (non-hydrogen) atoms. The van der Waals surface area contributed by atoms with Crippen LogP contribution in [0, 0.1) is 11.3 Å². The zero-order valence-corrected chi connectivity index (χ0v) is 12.1. The van der Waals surface area contributed by atoms with Crippen LogP contribution in [-0.4, -0.2) is 12.5 Å². The molecule has 0 heterocycles. The number of halogens is 1. The number of nitrogens with one attached hydrogen (secondary N) is 1. The van der Waals surface area contributed by atoms with Gasteiger partial charge in [0.05, 0.1) is 12.2 Å². The minimum absolute atomic E-state index is 0.152. The standard InChI is InChI=1S/C13H16BrN3O2/c14-11-5-6-12(10(8-11)9-15)19-7-3-1-2-4-13(18)17-16/h5-6,8H,1-4,7,16H2,(H,17,18). The molecular weight excluding hydrogens is 310 g/mol. The highest BCUT2D eigenvalue weighted by Crippen LogP contribution is 2.22. The van der Waals surface area contributed by atoms with Crippen molar-refractivity contribution in [2.75, 3.05) is 6.61 Å². The topological polar surface area (TPSA) is 88.1 Å². The Morgan fingerprint density at radius 1 is 1.42 bits per heavy atom. The molecule has 0 aliphatic carbocycles. The highest BCUT2D eigenvalue weighted by molar-refractivity contribution is 9.10. The van der Waals surface area contributed by atoms with Gasteiger partial charge in [0.2, 0.25) is 5.91 Å². The normalized spacial score (nSPS) is 9.74. The van der Waals surface area contributed by atoms with Gasteiger partial charge in [-0.05, 0) is 37.5 Å². The van der Waals surface area contributed by atoms with Crippen LogP contribution >= 0.6 is 15.9 Å². The highest BCUT2D eigenvalue weighted by atomic mass is 79.9. The zero-order valence-electron chi connectivity index (χ0n) is 10.5. The summed E-state index contributed by atoms with van der Waals surface area (Å²) in [4.78, 5) is 10.9. The predicted molar refractivity (Wildman–Crippen MR) is 75.2 cm³/mol. The molecule has 1 aromatic carbocycles. The Kier molecular flexibility index (Phi) is 6.93. The first-order chi connectivity index (χ1) is 9.17. The van der Waals surface area contributed by atoms with Crippen molar-refractivity contribution in [2.45, 2.75) is 25.7 Å². The van der Waals surface area contributed by atoms with Crippen molar-refractivity contribution in [1.82, 2.24) is 5.43 Å². The van der Waals surface area contributed by atoms with Gasteiger partial charge >= 0.3 is 0 Å². The lowest BCUT2D eigenvalue weighted by Gasteiger charge is -2.07. The Hall–Kier alpha value is -1.58. The molecule has 1 rings (SSSR count). The quantitative estimate of drug-likeness (QED) is 0.348. The molecule has 0 aromatic heterocycles. The molecular formula is C13H16BrN3O2. The molecule has 1 aromatic rings. The summed E-state index contributed by atoms with van der Waals surface area (Å²) in [5, 5.41) is 8.96. The highest BCUT2D eigenvalue weighted by Gasteiger charge is 2.04. The molecule has 0 spiro atoms. The van der Waals surface area contributed by atoms with Crippen molar-refractivity contribution in [2.24, 2.45) is 5.84 Å². The van der Waals surface area contributed by atoms with Crippen LogP contribution in [0.4, 0.5) is 0 Å². The van der Waals surface area contributed by atoms with Crippen LogP contribution in [0.25, 0.3) is 0 Å². The number of carbonyl (C=O) groups excluding carboxylic acids is 1. The molecule has 0 saturated heterocycles. The molecule has 0 fully saturated rings. The molecule has 0 radical (unpaired) electrons. The third-order valence-electron chi connectivity index (χ3n) is 2.53. The summed E-state index contributed by atoms with van der Waals surface area (Å²) < 4.78 is 6.40. The maximum absolute atomic E-state index is 10.9. The van der Waals surface area contributed by atoms with Gasteiger partial charge in [0.1, 0.15) is 11.8 Å². The van der Waals surface area contributed by atoms with Crippen molar-refractivity contribution < 1.29 is 9.53 Å². The monoisotopic (exact) mass is 325 g/mol. The molecule has 0 aliphatic rings. The number of amides is 1. The Morgan fingerprint density at radius 3 is 2.89 bits per heavy atom. The van der Waals surface area contributed by atoms with Crippen LogP contribution in [0.5, 0.6) is 5.75 Å². The zero-order chi connectivity index (χ0) is 14.1. The fourth-order valence-electron chi connectivity index (χ4n) is 1.53. The van der Waals surface area contributed by atoms with E-state index in [1.54, 1.807) is 12.1 Å². The van der Waals surface area contributed by atoms with E-state index in [-0.39, 0.29) is 5.91 Å². The van der Waals surface area contributed by atoms with Crippen LogP contribution in [0.1, 0.15) is 31.2 Å². The fraction of sp³-hybridized carbons (Fsp3) is 0.385. The first-order valence-electron chi connectivity index (χ1n) is 5.99. The van der Waals surface area contributed by atoms with Gasteiger partial charge in [0, 0.05) is 10.9 Å². The lowest BCUT2D eigenvalue weighted by molar-refractivity contribution is -0.121. The Morgan fingerprint density at radius 2 is 2.21 bits per heavy atom. The first kappa shape index (κ1) is 15.5. The van der Waals surface area contributed by atoms with Gasteiger partial charge in [0.25, 0.3) is 0 Å². The van der Waals surface area contributed by atoms with E-state index >= 15 is 0 Å². The molecule has 1 amide bonds. The Balaban J connectivity index is 2.27. The van der Waals surface area contributed by atoms with Crippen LogP contribution in [-0.2, 0) is 4.79 Å². The molecule has 6 heteroatoms. The fourth-order valence-corrected chi connectivity index (χ4v) is 1.90. The minimum Gasteiger partial charge on any atom is -0.492 e. The number of hydrogen-bond acceptors (Lipinski definition) is 4. The average Bonchev–Trinajstić information content (AvgIpc) is 2.43. The molecule has 102 valence electrons. The summed E-state index contributed by atoms with van der Waals surface area (Å²) in [5.74, 6) is 5.41. The van der Waals surface area contributed by atoms with Crippen LogP contribution in [0.3, 0.4) is 0 Å². The second-order valence-electron chi connectivity index (χ2n) is 3.98. The molecule has 0 unspecified atom stereocenters. The van der Waals surface area contributed by atoms with E-state index in [1.165, 1.54) is 0 Å². The molecule has 3 N–H and O–H groups in total. The minimum atomic E-state index is -0.152. The summed E-state index contributed by atoms with van der Waals surface area (Å²) in [6, 6.07) is 7.42. The van der Waals surface area contributed by atoms with E-state index in [0.717, 1.165) is 23.7 Å². The van der Waals surface area contributed by atoms with Gasteiger partial charge in [-0.25, -0.2) is 5.84 Å². The van der Waals surface area contributed by atoms with Gasteiger partial charge < -0.3 is 4.74 Å². The van der Waals surface area contributed by atoms with Gasteiger partial charge in [-0.3, -0.25) is 10.2 Å². The number of unbranched alkanes of at least 4 members (excludes halogenated alkanes) is 2. The third-order valence-corrected chi connectivity index (χ3v) is 3.02. The molecule has 0 saturated carbocycles. The number of hydrazine groups is 1. The number of benzene rings is 1. The summed E-state index contributed by atoms with van der Waals surface area (Å²) >= 11 is 3.31. The number of nitrogens with two attached hydrogens (primary N) is 1. The van der Waals surface area contributed by atoms with E-state index in [4.69, 9.17) is 15.8 Å². The lowest BCUT2D eigenvalue weighted by atomic mass is 10.2. The van der Waals surface area contributed by atoms with E-state index < -0.39 is 0 Å². The molecule has 0 aliphatic heterocycles. The van der Waals surface area contributed by atoms with Gasteiger partial charge in [-0.2, -0.15) is 5.26 Å². The number of rotatable bonds is 7. The van der Waals surface area contributed by atoms with Gasteiger partial charge in [-0.15, -0.1) is 0 Å². The lowest BCUT2D eigenvalue weighted by Crippen LogP contribution is -2.29. The Bertz CT molecular complexity index is 471. The smallest absolute Gasteiger partial charge is 0.233 e. The van der Waals surface area contributed by atoms with Crippen LogP contribution < -0.4 is 16.0 Å². The summed E-state index contributed by atoms with van der Waals surface area (Å²) in [6.07, 6.45) is 2.92. The van der Waals surface area contributed by atoms with E-state index in [1.807, 2.05) is 6.07 Å². The molecule has 5 nitrogen and oxygen atoms in total. The van der Waals surface area contributed by atoms with Crippen molar-refractivity contribution in [1.29, 1.82) is 5.26 Å². The first-order valence-corrected chi connectivity index (χ1v) is 6.78. The van der Waals surface area contributed by atoms with Gasteiger partial charge in [0.15, 0.2) is 0 Å². The maximum Gasteiger partial charge on any atom is 0.233 e.